The van der Waals surface area contributed by atoms with Crippen LogP contribution in [0.15, 0.2) is 30.5 Å². The van der Waals surface area contributed by atoms with Gasteiger partial charge in [0, 0.05) is 16.9 Å². The molecule has 2 aromatic rings. The second-order valence-corrected chi connectivity index (χ2v) is 4.08. The molecule has 94 valence electrons. The first-order chi connectivity index (χ1) is 8.52. The first kappa shape index (κ1) is 12.4. The van der Waals surface area contributed by atoms with E-state index in [1.165, 1.54) is 16.8 Å². The number of hydrogen-bond acceptors (Lipinski definition) is 3. The van der Waals surface area contributed by atoms with Crippen LogP contribution < -0.4 is 11.1 Å². The van der Waals surface area contributed by atoms with Crippen molar-refractivity contribution in [2.45, 2.75) is 6.54 Å². The third kappa shape index (κ3) is 3.21. The number of anilines is 2. The van der Waals surface area contributed by atoms with Gasteiger partial charge in [-0.2, -0.15) is 5.10 Å². The van der Waals surface area contributed by atoms with Gasteiger partial charge in [0.1, 0.15) is 18.2 Å². The SMILES string of the molecule is Nc1ccn(CC(=O)Nc2cc(F)cc(Cl)c2)n1. The Labute approximate surface area is 107 Å². The van der Waals surface area contributed by atoms with E-state index >= 15 is 0 Å². The standard InChI is InChI=1S/C11H10ClFN4O/c12-7-3-8(13)5-9(4-7)15-11(18)6-17-2-1-10(14)16-17/h1-5H,6H2,(H2,14,16)(H,15,18). The van der Waals surface area contributed by atoms with Gasteiger partial charge >= 0.3 is 0 Å². The normalized spacial score (nSPS) is 10.3. The summed E-state index contributed by atoms with van der Waals surface area (Å²) in [4.78, 5) is 11.6. The van der Waals surface area contributed by atoms with E-state index in [0.29, 0.717) is 11.5 Å². The summed E-state index contributed by atoms with van der Waals surface area (Å²) in [6, 6.07) is 5.37. The van der Waals surface area contributed by atoms with Crippen LogP contribution in [0.5, 0.6) is 0 Å². The van der Waals surface area contributed by atoms with Gasteiger partial charge in [-0.25, -0.2) is 4.39 Å². The van der Waals surface area contributed by atoms with Crippen molar-refractivity contribution in [2.75, 3.05) is 11.1 Å². The highest BCUT2D eigenvalue weighted by Crippen LogP contribution is 2.17. The van der Waals surface area contributed by atoms with E-state index in [-0.39, 0.29) is 17.5 Å². The van der Waals surface area contributed by atoms with Gasteiger partial charge in [-0.15, -0.1) is 0 Å². The van der Waals surface area contributed by atoms with E-state index in [4.69, 9.17) is 17.3 Å². The molecule has 0 unspecified atom stereocenters. The number of halogens is 2. The first-order valence-electron chi connectivity index (χ1n) is 5.08. The summed E-state index contributed by atoms with van der Waals surface area (Å²) in [7, 11) is 0. The Balaban J connectivity index is 2.02. The van der Waals surface area contributed by atoms with E-state index in [2.05, 4.69) is 10.4 Å². The largest absolute Gasteiger partial charge is 0.382 e. The van der Waals surface area contributed by atoms with Crippen LogP contribution in [-0.4, -0.2) is 15.7 Å². The molecule has 0 aliphatic rings. The van der Waals surface area contributed by atoms with Crippen molar-refractivity contribution in [3.8, 4) is 0 Å². The fraction of sp³-hybridized carbons (Fsp3) is 0.0909. The number of nitrogen functional groups attached to an aromatic ring is 1. The van der Waals surface area contributed by atoms with Gasteiger partial charge in [-0.3, -0.25) is 9.48 Å². The Kier molecular flexibility index (Phi) is 3.47. The topological polar surface area (TPSA) is 72.9 Å². The van der Waals surface area contributed by atoms with E-state index in [9.17, 15) is 9.18 Å². The maximum Gasteiger partial charge on any atom is 0.246 e. The number of hydrogen-bond donors (Lipinski definition) is 2. The van der Waals surface area contributed by atoms with Crippen molar-refractivity contribution in [1.82, 2.24) is 9.78 Å². The minimum Gasteiger partial charge on any atom is -0.382 e. The lowest BCUT2D eigenvalue weighted by Crippen LogP contribution is -2.19. The zero-order valence-electron chi connectivity index (χ0n) is 9.23. The van der Waals surface area contributed by atoms with Crippen molar-refractivity contribution in [1.29, 1.82) is 0 Å². The molecule has 0 fully saturated rings. The quantitative estimate of drug-likeness (QED) is 0.893. The molecule has 0 aliphatic heterocycles. The summed E-state index contributed by atoms with van der Waals surface area (Å²) in [5, 5.41) is 6.59. The molecule has 18 heavy (non-hydrogen) atoms. The first-order valence-corrected chi connectivity index (χ1v) is 5.45. The van der Waals surface area contributed by atoms with Gasteiger partial charge in [-0.05, 0) is 24.3 Å². The smallest absolute Gasteiger partial charge is 0.246 e. The van der Waals surface area contributed by atoms with E-state index < -0.39 is 5.82 Å². The second kappa shape index (κ2) is 5.05. The minimum atomic E-state index is -0.513. The zero-order valence-corrected chi connectivity index (χ0v) is 9.99. The van der Waals surface area contributed by atoms with E-state index in [1.54, 1.807) is 12.3 Å². The zero-order chi connectivity index (χ0) is 13.1. The molecule has 0 aliphatic carbocycles. The van der Waals surface area contributed by atoms with Gasteiger partial charge in [-0.1, -0.05) is 11.6 Å². The summed E-state index contributed by atoms with van der Waals surface area (Å²) in [6.07, 6.45) is 1.58. The van der Waals surface area contributed by atoms with Gasteiger partial charge in [0.25, 0.3) is 0 Å². The maximum atomic E-state index is 13.0. The molecule has 0 saturated carbocycles. The fourth-order valence-corrected chi connectivity index (χ4v) is 1.66. The van der Waals surface area contributed by atoms with Crippen molar-refractivity contribution >= 4 is 29.0 Å². The number of benzene rings is 1. The van der Waals surface area contributed by atoms with Crippen LogP contribution in [0.2, 0.25) is 5.02 Å². The Bertz CT molecular complexity index is 564. The van der Waals surface area contributed by atoms with Crippen LogP contribution in [0.4, 0.5) is 15.9 Å². The highest BCUT2D eigenvalue weighted by molar-refractivity contribution is 6.30. The van der Waals surface area contributed by atoms with E-state index in [0.717, 1.165) is 6.07 Å². The third-order valence-corrected chi connectivity index (χ3v) is 2.33. The Morgan fingerprint density at radius 1 is 1.50 bits per heavy atom. The van der Waals surface area contributed by atoms with Crippen LogP contribution in [0.3, 0.4) is 0 Å². The van der Waals surface area contributed by atoms with Gasteiger partial charge < -0.3 is 11.1 Å². The minimum absolute atomic E-state index is 0.00860. The van der Waals surface area contributed by atoms with Crippen LogP contribution in [0, 0.1) is 5.82 Å². The summed E-state index contributed by atoms with van der Waals surface area (Å²) >= 11 is 5.67. The van der Waals surface area contributed by atoms with Crippen molar-refractivity contribution < 1.29 is 9.18 Å². The molecule has 1 amide bonds. The van der Waals surface area contributed by atoms with Gasteiger partial charge in [0.05, 0.1) is 0 Å². The molecule has 0 radical (unpaired) electrons. The number of carbonyl (C=O) groups is 1. The molecule has 0 saturated heterocycles. The Morgan fingerprint density at radius 2 is 2.28 bits per heavy atom. The summed E-state index contributed by atoms with van der Waals surface area (Å²) < 4.78 is 14.4. The Hall–Kier alpha value is -2.08. The second-order valence-electron chi connectivity index (χ2n) is 3.64. The number of aromatic nitrogens is 2. The van der Waals surface area contributed by atoms with Crippen LogP contribution in [-0.2, 0) is 11.3 Å². The third-order valence-electron chi connectivity index (χ3n) is 2.11. The summed E-state index contributed by atoms with van der Waals surface area (Å²) in [5.41, 5.74) is 5.71. The van der Waals surface area contributed by atoms with Crippen molar-refractivity contribution in [3.05, 3.63) is 41.3 Å². The lowest BCUT2D eigenvalue weighted by atomic mass is 10.3. The molecular weight excluding hydrogens is 259 g/mol. The summed E-state index contributed by atoms with van der Waals surface area (Å²) in [6.45, 7) is -0.00860. The molecular formula is C11H10ClFN4O. The molecule has 5 nitrogen and oxygen atoms in total. The molecule has 0 atom stereocenters. The van der Waals surface area contributed by atoms with Gasteiger partial charge in [0.15, 0.2) is 0 Å². The van der Waals surface area contributed by atoms with Crippen molar-refractivity contribution in [3.63, 3.8) is 0 Å². The van der Waals surface area contributed by atoms with Crippen molar-refractivity contribution in [2.24, 2.45) is 0 Å². The average Bonchev–Trinajstić information content (AvgIpc) is 2.61. The number of nitrogens with one attached hydrogen (secondary N) is 1. The molecule has 7 heteroatoms. The lowest BCUT2D eigenvalue weighted by Gasteiger charge is -2.06. The Morgan fingerprint density at radius 3 is 2.89 bits per heavy atom. The van der Waals surface area contributed by atoms with E-state index in [1.807, 2.05) is 0 Å². The molecule has 3 N–H and O–H groups in total. The number of nitrogens with zero attached hydrogens (tertiary/aromatic N) is 2. The molecule has 1 aromatic carbocycles. The monoisotopic (exact) mass is 268 g/mol. The van der Waals surface area contributed by atoms with Crippen LogP contribution >= 0.6 is 11.6 Å². The maximum absolute atomic E-state index is 13.0. The highest BCUT2D eigenvalue weighted by atomic mass is 35.5. The number of rotatable bonds is 3. The predicted molar refractivity (Wildman–Crippen MR) is 66.7 cm³/mol. The van der Waals surface area contributed by atoms with Crippen LogP contribution in [0.1, 0.15) is 0 Å². The predicted octanol–water partition coefficient (Wildman–Crippen LogP) is 1.90. The molecule has 1 heterocycles. The molecule has 0 spiro atoms. The molecule has 2 rings (SSSR count). The molecule has 1 aromatic heterocycles. The average molecular weight is 269 g/mol. The number of nitrogens with two attached hydrogens (primary N) is 1. The highest BCUT2D eigenvalue weighted by Gasteiger charge is 2.06. The lowest BCUT2D eigenvalue weighted by molar-refractivity contribution is -0.116. The number of amides is 1. The van der Waals surface area contributed by atoms with Crippen LogP contribution in [0.25, 0.3) is 0 Å². The fourth-order valence-electron chi connectivity index (χ4n) is 1.44. The van der Waals surface area contributed by atoms with Gasteiger partial charge in [0.2, 0.25) is 5.91 Å². The molecule has 0 bridgehead atoms. The summed E-state index contributed by atoms with van der Waals surface area (Å²) in [5.74, 6) is -0.530. The number of carbonyl (C=O) groups excluding carboxylic acids is 1.